The second kappa shape index (κ2) is 6.04. The van der Waals surface area contributed by atoms with Gasteiger partial charge in [0.2, 0.25) is 0 Å². The van der Waals surface area contributed by atoms with E-state index in [0.29, 0.717) is 37.2 Å². The van der Waals surface area contributed by atoms with Gasteiger partial charge < -0.3 is 15.9 Å². The highest BCUT2D eigenvalue weighted by Gasteiger charge is 2.65. The average molecular weight is 384 g/mol. The van der Waals surface area contributed by atoms with Gasteiger partial charge in [-0.15, -0.1) is 0 Å². The number of likely N-dealkylation sites (tertiary alicyclic amines) is 1. The van der Waals surface area contributed by atoms with Crippen LogP contribution in [0.3, 0.4) is 0 Å². The third-order valence-corrected chi connectivity index (χ3v) is 8.07. The lowest BCUT2D eigenvalue weighted by Gasteiger charge is -2.63. The van der Waals surface area contributed by atoms with E-state index in [0.717, 1.165) is 18.7 Å². The molecule has 0 spiro atoms. The topological polar surface area (TPSA) is 104 Å². The van der Waals surface area contributed by atoms with Gasteiger partial charge in [0.1, 0.15) is 11.5 Å². The largest absolute Gasteiger partial charge is 0.507 e. The van der Waals surface area contributed by atoms with Gasteiger partial charge in [-0.25, -0.2) is 0 Å². The predicted molar refractivity (Wildman–Crippen MR) is 103 cm³/mol. The van der Waals surface area contributed by atoms with Gasteiger partial charge in [0, 0.05) is 36.4 Å². The Balaban J connectivity index is 1.66. The van der Waals surface area contributed by atoms with Gasteiger partial charge >= 0.3 is 0 Å². The smallest absolute Gasteiger partial charge is 0.252 e. The summed E-state index contributed by atoms with van der Waals surface area (Å²) in [5.41, 5.74) is 5.18. The Labute approximate surface area is 164 Å². The minimum absolute atomic E-state index is 0.0544. The third kappa shape index (κ3) is 2.28. The molecule has 1 heterocycles. The Hall–Kier alpha value is -1.92. The second-order valence-corrected chi connectivity index (χ2v) is 9.34. The van der Waals surface area contributed by atoms with Crippen molar-refractivity contribution in [3.63, 3.8) is 0 Å². The number of carbonyl (C=O) groups is 2. The van der Waals surface area contributed by atoms with Crippen molar-refractivity contribution in [2.24, 2.45) is 11.7 Å². The lowest BCUT2D eigenvalue weighted by molar-refractivity contribution is -0.175. The first kappa shape index (κ1) is 18.1. The zero-order chi connectivity index (χ0) is 19.7. The molecule has 150 valence electrons. The quantitative estimate of drug-likeness (QED) is 0.735. The van der Waals surface area contributed by atoms with E-state index in [1.54, 1.807) is 6.07 Å². The summed E-state index contributed by atoms with van der Waals surface area (Å²) in [6.07, 6.45) is 6.05. The highest BCUT2D eigenvalue weighted by atomic mass is 16.3. The average Bonchev–Trinajstić information content (AvgIpc) is 2.59. The first-order valence-corrected chi connectivity index (χ1v) is 10.5. The number of carbonyl (C=O) groups excluding carboxylic acids is 2. The summed E-state index contributed by atoms with van der Waals surface area (Å²) < 4.78 is 0. The Morgan fingerprint density at radius 1 is 1.29 bits per heavy atom. The minimum atomic E-state index is -1.07. The van der Waals surface area contributed by atoms with Gasteiger partial charge in [0.15, 0.2) is 0 Å². The number of aromatic hydroxyl groups is 1. The molecule has 3 fully saturated rings. The van der Waals surface area contributed by atoms with Crippen LogP contribution in [0.25, 0.3) is 0 Å². The van der Waals surface area contributed by atoms with Gasteiger partial charge in [-0.3, -0.25) is 14.5 Å². The molecule has 2 saturated carbocycles. The summed E-state index contributed by atoms with van der Waals surface area (Å²) in [5, 5.41) is 23.0. The molecule has 6 nitrogen and oxygen atoms in total. The summed E-state index contributed by atoms with van der Waals surface area (Å²) in [6.45, 7) is 1.80. The van der Waals surface area contributed by atoms with E-state index >= 15 is 0 Å². The van der Waals surface area contributed by atoms with E-state index in [1.807, 2.05) is 6.07 Å². The molecule has 1 amide bonds. The van der Waals surface area contributed by atoms with Crippen molar-refractivity contribution in [1.29, 1.82) is 0 Å². The van der Waals surface area contributed by atoms with Crippen LogP contribution < -0.4 is 5.73 Å². The number of aliphatic hydroxyl groups is 1. The molecule has 1 aliphatic heterocycles. The second-order valence-electron chi connectivity index (χ2n) is 9.34. The molecular weight excluding hydrogens is 356 g/mol. The third-order valence-electron chi connectivity index (χ3n) is 8.07. The lowest BCUT2D eigenvalue weighted by atomic mass is 9.49. The van der Waals surface area contributed by atoms with Crippen LogP contribution in [0.15, 0.2) is 12.1 Å². The van der Waals surface area contributed by atoms with Crippen molar-refractivity contribution in [1.82, 2.24) is 4.90 Å². The summed E-state index contributed by atoms with van der Waals surface area (Å²) >= 11 is 0. The predicted octanol–water partition coefficient (Wildman–Crippen LogP) is 1.64. The number of ketones is 1. The molecule has 4 N–H and O–H groups in total. The van der Waals surface area contributed by atoms with Crippen LogP contribution in [0.4, 0.5) is 0 Å². The number of fused-ring (bicyclic) bond motifs is 1. The fourth-order valence-corrected chi connectivity index (χ4v) is 6.43. The Morgan fingerprint density at radius 3 is 2.75 bits per heavy atom. The number of primary amides is 1. The van der Waals surface area contributed by atoms with Crippen molar-refractivity contribution in [3.8, 4) is 5.75 Å². The van der Waals surface area contributed by atoms with Crippen LogP contribution >= 0.6 is 0 Å². The maximum Gasteiger partial charge on any atom is 0.252 e. The van der Waals surface area contributed by atoms with Gasteiger partial charge in [0.05, 0.1) is 11.2 Å². The number of nitrogens with two attached hydrogens (primary N) is 1. The summed E-state index contributed by atoms with van der Waals surface area (Å²) in [7, 11) is 0. The van der Waals surface area contributed by atoms with Crippen molar-refractivity contribution in [2.75, 3.05) is 13.1 Å². The molecule has 1 saturated heterocycles. The van der Waals surface area contributed by atoms with Gasteiger partial charge in [0.25, 0.3) is 5.91 Å². The number of piperidine rings is 1. The van der Waals surface area contributed by atoms with Crippen molar-refractivity contribution < 1.29 is 19.8 Å². The fraction of sp³-hybridized carbons (Fsp3) is 0.636. The maximum absolute atomic E-state index is 12.5. The molecule has 1 aromatic carbocycles. The zero-order valence-electron chi connectivity index (χ0n) is 16.1. The molecule has 3 unspecified atom stereocenters. The normalized spacial score (nSPS) is 35.0. The van der Waals surface area contributed by atoms with E-state index < -0.39 is 16.9 Å². The van der Waals surface area contributed by atoms with Crippen LogP contribution in [-0.4, -0.2) is 51.5 Å². The van der Waals surface area contributed by atoms with Crippen LogP contribution in [0.1, 0.15) is 66.4 Å². The van der Waals surface area contributed by atoms with Crippen molar-refractivity contribution >= 4 is 11.7 Å². The van der Waals surface area contributed by atoms with Gasteiger partial charge in [-0.1, -0.05) is 12.5 Å². The Bertz CT molecular complexity index is 864. The number of rotatable bonds is 3. The first-order valence-electron chi connectivity index (χ1n) is 10.5. The number of hydrogen-bond donors (Lipinski definition) is 3. The molecule has 0 radical (unpaired) electrons. The molecule has 28 heavy (non-hydrogen) atoms. The number of benzene rings is 1. The van der Waals surface area contributed by atoms with Crippen molar-refractivity contribution in [2.45, 2.75) is 68.4 Å². The Morgan fingerprint density at radius 2 is 2.07 bits per heavy atom. The summed E-state index contributed by atoms with van der Waals surface area (Å²) in [5.74, 6) is -0.00288. The number of hydrogen-bond acceptors (Lipinski definition) is 5. The van der Waals surface area contributed by atoms with Crippen LogP contribution in [0, 0.1) is 5.92 Å². The van der Waals surface area contributed by atoms with Crippen LogP contribution in [-0.2, 0) is 16.6 Å². The van der Waals surface area contributed by atoms with E-state index in [4.69, 9.17) is 5.73 Å². The molecule has 3 atom stereocenters. The number of phenols is 1. The molecule has 1 aromatic rings. The molecule has 5 rings (SSSR count). The number of amides is 1. The summed E-state index contributed by atoms with van der Waals surface area (Å²) in [4.78, 5) is 26.8. The molecule has 4 aliphatic rings. The van der Waals surface area contributed by atoms with E-state index in [2.05, 4.69) is 4.90 Å². The monoisotopic (exact) mass is 384 g/mol. The fourth-order valence-electron chi connectivity index (χ4n) is 6.43. The van der Waals surface area contributed by atoms with E-state index in [9.17, 15) is 19.8 Å². The number of Topliss-reactive ketones (excluding diaryl/α,β-unsaturated/α-hetero) is 1. The highest BCUT2D eigenvalue weighted by Crippen LogP contribution is 2.59. The SMILES string of the molecule is NC(=O)c1ccc2c(c1O)C13CCN(CC4CCC4)C(C2)C1(O)CCC(=O)C3. The van der Waals surface area contributed by atoms with E-state index in [1.165, 1.54) is 19.3 Å². The molecular formula is C22H28N2O4. The van der Waals surface area contributed by atoms with Crippen molar-refractivity contribution in [3.05, 3.63) is 28.8 Å². The van der Waals surface area contributed by atoms with E-state index in [-0.39, 0.29) is 29.6 Å². The first-order chi connectivity index (χ1) is 13.4. The number of nitrogens with zero attached hydrogens (tertiary/aromatic N) is 1. The molecule has 3 aliphatic carbocycles. The van der Waals surface area contributed by atoms with Crippen LogP contribution in [0.2, 0.25) is 0 Å². The van der Waals surface area contributed by atoms with Gasteiger partial charge in [-0.2, -0.15) is 0 Å². The molecule has 0 aromatic heterocycles. The van der Waals surface area contributed by atoms with Crippen LogP contribution in [0.5, 0.6) is 5.75 Å². The minimum Gasteiger partial charge on any atom is -0.507 e. The molecule has 2 bridgehead atoms. The standard InChI is InChI=1S/C22H28N2O4/c23-20(27)16-5-4-14-10-17-22(28)7-6-15(25)11-21(22,18(14)19(16)26)8-9-24(17)12-13-2-1-3-13/h4-5,13,17,26,28H,1-3,6-12H2,(H2,23,27). The lowest BCUT2D eigenvalue weighted by Crippen LogP contribution is -2.73. The van der Waals surface area contributed by atoms with Gasteiger partial charge in [-0.05, 0) is 56.2 Å². The highest BCUT2D eigenvalue weighted by molar-refractivity contribution is 5.96. The zero-order valence-corrected chi connectivity index (χ0v) is 16.1. The molecule has 6 heteroatoms. The maximum atomic E-state index is 12.5. The Kier molecular flexibility index (Phi) is 3.91. The summed E-state index contributed by atoms with van der Waals surface area (Å²) in [6, 6.07) is 3.38.